The number of aromatic nitrogens is 1. The number of ether oxygens (including phenoxy) is 1. The van der Waals surface area contributed by atoms with E-state index in [2.05, 4.69) is 4.99 Å². The van der Waals surface area contributed by atoms with E-state index in [1.165, 1.54) is 11.3 Å². The molecule has 1 amide bonds. The van der Waals surface area contributed by atoms with Gasteiger partial charge >= 0.3 is 5.97 Å². The molecular formula is C17H22N2O3S. The van der Waals surface area contributed by atoms with Crippen LogP contribution in [-0.2, 0) is 14.3 Å². The summed E-state index contributed by atoms with van der Waals surface area (Å²) < 4.78 is 7.88. The standard InChI is InChI=1S/C17H22N2O3S/c1-6-22-14(20)11(2)19-12-9-7-8-10-13(12)23-16(19)18-15(21)17(3,4)5/h7-11H,6H2,1-5H3/b18-16-. The fourth-order valence-electron chi connectivity index (χ4n) is 2.07. The highest BCUT2D eigenvalue weighted by Gasteiger charge is 2.24. The topological polar surface area (TPSA) is 60.7 Å². The zero-order chi connectivity index (χ0) is 17.2. The molecule has 124 valence electrons. The molecule has 5 nitrogen and oxygen atoms in total. The van der Waals surface area contributed by atoms with Gasteiger partial charge in [0.25, 0.3) is 5.91 Å². The second kappa shape index (κ2) is 6.66. The lowest BCUT2D eigenvalue weighted by atomic mass is 9.96. The number of esters is 1. The van der Waals surface area contributed by atoms with Crippen molar-refractivity contribution in [1.29, 1.82) is 0 Å². The molecule has 0 saturated carbocycles. The van der Waals surface area contributed by atoms with Crippen LogP contribution in [0.5, 0.6) is 0 Å². The van der Waals surface area contributed by atoms with E-state index < -0.39 is 11.5 Å². The molecular weight excluding hydrogens is 312 g/mol. The first-order chi connectivity index (χ1) is 10.8. The van der Waals surface area contributed by atoms with E-state index in [4.69, 9.17) is 4.74 Å². The van der Waals surface area contributed by atoms with E-state index in [1.807, 2.05) is 45.0 Å². The number of thiazole rings is 1. The molecule has 0 aliphatic carbocycles. The number of amides is 1. The minimum absolute atomic E-state index is 0.214. The van der Waals surface area contributed by atoms with Gasteiger partial charge in [0.05, 0.1) is 16.8 Å². The van der Waals surface area contributed by atoms with Crippen LogP contribution in [0.25, 0.3) is 10.2 Å². The molecule has 2 aromatic rings. The van der Waals surface area contributed by atoms with Gasteiger partial charge in [-0.1, -0.05) is 44.2 Å². The summed E-state index contributed by atoms with van der Waals surface area (Å²) in [6, 6.07) is 7.15. The second-order valence-corrected chi connectivity index (χ2v) is 7.33. The first kappa shape index (κ1) is 17.4. The number of para-hydroxylation sites is 1. The fraction of sp³-hybridized carbons (Fsp3) is 0.471. The molecule has 1 aromatic carbocycles. The van der Waals surface area contributed by atoms with Crippen molar-refractivity contribution in [3.05, 3.63) is 29.1 Å². The maximum atomic E-state index is 12.3. The predicted molar refractivity (Wildman–Crippen MR) is 91.2 cm³/mol. The molecule has 0 radical (unpaired) electrons. The second-order valence-electron chi connectivity index (χ2n) is 6.32. The zero-order valence-electron chi connectivity index (χ0n) is 14.1. The number of benzene rings is 1. The van der Waals surface area contributed by atoms with Gasteiger partial charge in [-0.05, 0) is 26.0 Å². The van der Waals surface area contributed by atoms with Crippen LogP contribution in [0.2, 0.25) is 0 Å². The fourth-order valence-corrected chi connectivity index (χ4v) is 3.16. The number of fused-ring (bicyclic) bond motifs is 1. The molecule has 0 aliphatic heterocycles. The molecule has 6 heteroatoms. The molecule has 0 bridgehead atoms. The first-order valence-electron chi connectivity index (χ1n) is 7.61. The van der Waals surface area contributed by atoms with Crippen LogP contribution in [0, 0.1) is 5.41 Å². The number of hydrogen-bond acceptors (Lipinski definition) is 4. The predicted octanol–water partition coefficient (Wildman–Crippen LogP) is 3.30. The van der Waals surface area contributed by atoms with Crippen LogP contribution in [0.1, 0.15) is 40.7 Å². The number of carbonyl (C=O) groups is 2. The molecule has 23 heavy (non-hydrogen) atoms. The Morgan fingerprint density at radius 1 is 1.30 bits per heavy atom. The lowest BCUT2D eigenvalue weighted by Crippen LogP contribution is -2.29. The molecule has 0 aliphatic rings. The Labute approximate surface area is 139 Å². The molecule has 0 saturated heterocycles. The van der Waals surface area contributed by atoms with Gasteiger partial charge in [0.2, 0.25) is 0 Å². The monoisotopic (exact) mass is 334 g/mol. The third-order valence-corrected chi connectivity index (χ3v) is 4.42. The Morgan fingerprint density at radius 2 is 1.96 bits per heavy atom. The van der Waals surface area contributed by atoms with Gasteiger partial charge in [-0.2, -0.15) is 4.99 Å². The van der Waals surface area contributed by atoms with E-state index in [0.717, 1.165) is 10.2 Å². The van der Waals surface area contributed by atoms with Crippen molar-refractivity contribution >= 4 is 33.4 Å². The van der Waals surface area contributed by atoms with Crippen molar-refractivity contribution in [1.82, 2.24) is 4.57 Å². The van der Waals surface area contributed by atoms with Crippen molar-refractivity contribution in [3.63, 3.8) is 0 Å². The average Bonchev–Trinajstić information content (AvgIpc) is 2.83. The summed E-state index contributed by atoms with van der Waals surface area (Å²) in [4.78, 5) is 29.2. The number of carbonyl (C=O) groups excluding carboxylic acids is 2. The minimum Gasteiger partial charge on any atom is -0.464 e. The highest BCUT2D eigenvalue weighted by molar-refractivity contribution is 7.16. The van der Waals surface area contributed by atoms with Crippen LogP contribution in [0.3, 0.4) is 0 Å². The molecule has 0 N–H and O–H groups in total. The van der Waals surface area contributed by atoms with Crippen LogP contribution in [-0.4, -0.2) is 23.1 Å². The lowest BCUT2D eigenvalue weighted by Gasteiger charge is -2.15. The van der Waals surface area contributed by atoms with E-state index in [-0.39, 0.29) is 11.9 Å². The molecule has 0 fully saturated rings. The van der Waals surface area contributed by atoms with Crippen LogP contribution >= 0.6 is 11.3 Å². The first-order valence-corrected chi connectivity index (χ1v) is 8.43. The van der Waals surface area contributed by atoms with E-state index in [0.29, 0.717) is 11.4 Å². The van der Waals surface area contributed by atoms with Gasteiger partial charge in [-0.15, -0.1) is 0 Å². The summed E-state index contributed by atoms with van der Waals surface area (Å²) in [7, 11) is 0. The van der Waals surface area contributed by atoms with E-state index in [1.54, 1.807) is 18.4 Å². The number of rotatable bonds is 3. The van der Waals surface area contributed by atoms with Gasteiger partial charge < -0.3 is 9.30 Å². The summed E-state index contributed by atoms with van der Waals surface area (Å²) in [6.07, 6.45) is 0. The molecule has 1 aromatic heterocycles. The Hall–Kier alpha value is -1.95. The third kappa shape index (κ3) is 3.69. The minimum atomic E-state index is -0.568. The maximum absolute atomic E-state index is 12.3. The van der Waals surface area contributed by atoms with Gasteiger partial charge in [0.15, 0.2) is 4.80 Å². The van der Waals surface area contributed by atoms with Gasteiger partial charge in [0, 0.05) is 5.41 Å². The van der Waals surface area contributed by atoms with Crippen molar-refractivity contribution in [3.8, 4) is 0 Å². The van der Waals surface area contributed by atoms with Gasteiger partial charge in [0.1, 0.15) is 6.04 Å². The van der Waals surface area contributed by atoms with Crippen molar-refractivity contribution in [2.75, 3.05) is 6.61 Å². The summed E-state index contributed by atoms with van der Waals surface area (Å²) in [6.45, 7) is 9.33. The smallest absolute Gasteiger partial charge is 0.328 e. The lowest BCUT2D eigenvalue weighted by molar-refractivity contribution is -0.146. The number of hydrogen-bond donors (Lipinski definition) is 0. The molecule has 0 spiro atoms. The van der Waals surface area contributed by atoms with Crippen molar-refractivity contribution in [2.45, 2.75) is 40.7 Å². The highest BCUT2D eigenvalue weighted by Crippen LogP contribution is 2.22. The van der Waals surface area contributed by atoms with Crippen molar-refractivity contribution in [2.24, 2.45) is 10.4 Å². The average molecular weight is 334 g/mol. The normalized spacial score (nSPS) is 14.0. The quantitative estimate of drug-likeness (QED) is 0.809. The SMILES string of the molecule is CCOC(=O)C(C)n1/c(=N/C(=O)C(C)(C)C)sc2ccccc21. The Kier molecular flexibility index (Phi) is 5.04. The highest BCUT2D eigenvalue weighted by atomic mass is 32.1. The van der Waals surface area contributed by atoms with Crippen LogP contribution < -0.4 is 4.80 Å². The summed E-state index contributed by atoms with van der Waals surface area (Å²) in [5.74, 6) is -0.547. The van der Waals surface area contributed by atoms with Crippen LogP contribution in [0.15, 0.2) is 29.3 Å². The molecule has 2 rings (SSSR count). The molecule has 1 unspecified atom stereocenters. The molecule has 1 atom stereocenters. The summed E-state index contributed by atoms with van der Waals surface area (Å²) in [5, 5.41) is 0. The zero-order valence-corrected chi connectivity index (χ0v) is 14.9. The maximum Gasteiger partial charge on any atom is 0.328 e. The van der Waals surface area contributed by atoms with Crippen molar-refractivity contribution < 1.29 is 14.3 Å². The van der Waals surface area contributed by atoms with E-state index >= 15 is 0 Å². The molecule has 1 heterocycles. The Balaban J connectivity index is 2.65. The Bertz CT molecular complexity index is 796. The van der Waals surface area contributed by atoms with Gasteiger partial charge in [-0.3, -0.25) is 4.79 Å². The van der Waals surface area contributed by atoms with Gasteiger partial charge in [-0.25, -0.2) is 4.79 Å². The summed E-state index contributed by atoms with van der Waals surface area (Å²) in [5.41, 5.74) is 0.305. The van der Waals surface area contributed by atoms with E-state index in [9.17, 15) is 9.59 Å². The number of nitrogens with zero attached hydrogens (tertiary/aromatic N) is 2. The third-order valence-electron chi connectivity index (χ3n) is 3.39. The van der Waals surface area contributed by atoms with Crippen LogP contribution in [0.4, 0.5) is 0 Å². The Morgan fingerprint density at radius 3 is 2.57 bits per heavy atom. The summed E-state index contributed by atoms with van der Waals surface area (Å²) >= 11 is 1.40. The largest absolute Gasteiger partial charge is 0.464 e.